The SMILES string of the molecule is CC1(C)CC(O)CC(C)(C)N1O.CCCCCCCCCCC(=O)O. The molecule has 1 aliphatic heterocycles. The van der Waals surface area contributed by atoms with E-state index in [0.717, 1.165) is 12.8 Å². The summed E-state index contributed by atoms with van der Waals surface area (Å²) in [6.45, 7) is 9.98. The predicted molar refractivity (Wildman–Crippen MR) is 102 cm³/mol. The van der Waals surface area contributed by atoms with E-state index in [1.54, 1.807) is 0 Å². The van der Waals surface area contributed by atoms with Gasteiger partial charge in [-0.15, -0.1) is 0 Å². The van der Waals surface area contributed by atoms with Crippen LogP contribution >= 0.6 is 0 Å². The number of carbonyl (C=O) groups is 1. The molecule has 1 rings (SSSR count). The Morgan fingerprint density at radius 3 is 1.72 bits per heavy atom. The second-order valence-corrected chi connectivity index (χ2v) is 8.62. The fraction of sp³-hybridized carbons (Fsp3) is 0.950. The van der Waals surface area contributed by atoms with Crippen molar-refractivity contribution in [3.05, 3.63) is 0 Å². The van der Waals surface area contributed by atoms with E-state index in [-0.39, 0.29) is 17.2 Å². The molecule has 1 aliphatic rings. The molecule has 0 aromatic heterocycles. The smallest absolute Gasteiger partial charge is 0.303 e. The molecule has 0 radical (unpaired) electrons. The molecule has 25 heavy (non-hydrogen) atoms. The molecule has 0 amide bonds. The molecule has 0 spiro atoms. The summed E-state index contributed by atoms with van der Waals surface area (Å²) in [7, 11) is 0. The maximum absolute atomic E-state index is 10.2. The van der Waals surface area contributed by atoms with Crippen molar-refractivity contribution in [2.75, 3.05) is 0 Å². The van der Waals surface area contributed by atoms with Gasteiger partial charge in [0.1, 0.15) is 0 Å². The van der Waals surface area contributed by atoms with E-state index >= 15 is 0 Å². The summed E-state index contributed by atoms with van der Waals surface area (Å²) in [5.74, 6) is -0.661. The van der Waals surface area contributed by atoms with E-state index < -0.39 is 5.97 Å². The molecule has 150 valence electrons. The minimum Gasteiger partial charge on any atom is -0.481 e. The topological polar surface area (TPSA) is 81.0 Å². The van der Waals surface area contributed by atoms with Crippen LogP contribution in [0.25, 0.3) is 0 Å². The third-order valence-electron chi connectivity index (χ3n) is 4.86. The molecule has 3 N–H and O–H groups in total. The van der Waals surface area contributed by atoms with Gasteiger partial charge in [0.2, 0.25) is 0 Å². The lowest BCUT2D eigenvalue weighted by molar-refractivity contribution is -0.257. The third-order valence-corrected chi connectivity index (χ3v) is 4.86. The van der Waals surface area contributed by atoms with Crippen LogP contribution in [0.2, 0.25) is 0 Å². The molecule has 1 saturated heterocycles. The van der Waals surface area contributed by atoms with Crippen molar-refractivity contribution in [1.82, 2.24) is 5.06 Å². The highest BCUT2D eigenvalue weighted by Gasteiger charge is 2.44. The number of aliphatic carboxylic acids is 1. The van der Waals surface area contributed by atoms with Gasteiger partial charge in [-0.3, -0.25) is 4.79 Å². The van der Waals surface area contributed by atoms with Gasteiger partial charge in [-0.2, -0.15) is 5.06 Å². The van der Waals surface area contributed by atoms with Crippen LogP contribution in [0.4, 0.5) is 0 Å². The Morgan fingerprint density at radius 1 is 0.920 bits per heavy atom. The van der Waals surface area contributed by atoms with Crippen molar-refractivity contribution in [3.63, 3.8) is 0 Å². The number of rotatable bonds is 9. The van der Waals surface area contributed by atoms with Gasteiger partial charge in [-0.1, -0.05) is 51.9 Å². The summed E-state index contributed by atoms with van der Waals surface area (Å²) in [4.78, 5) is 10.2. The highest BCUT2D eigenvalue weighted by atomic mass is 16.5. The molecule has 0 aromatic rings. The Kier molecular flexibility index (Phi) is 11.6. The van der Waals surface area contributed by atoms with E-state index in [4.69, 9.17) is 5.11 Å². The Bertz CT molecular complexity index is 351. The number of hydroxylamine groups is 2. The van der Waals surface area contributed by atoms with Gasteiger partial charge >= 0.3 is 5.97 Å². The largest absolute Gasteiger partial charge is 0.481 e. The summed E-state index contributed by atoms with van der Waals surface area (Å²) in [5.41, 5.74) is -0.637. The number of carboxylic acid groups (broad SMARTS) is 1. The van der Waals surface area contributed by atoms with Gasteiger partial charge in [0.05, 0.1) is 6.10 Å². The number of unbranched alkanes of at least 4 members (excludes halogenated alkanes) is 7. The van der Waals surface area contributed by atoms with Gasteiger partial charge in [-0.05, 0) is 47.0 Å². The van der Waals surface area contributed by atoms with Gasteiger partial charge in [0, 0.05) is 17.5 Å². The van der Waals surface area contributed by atoms with E-state index in [9.17, 15) is 15.1 Å². The lowest BCUT2D eigenvalue weighted by atomic mass is 9.80. The van der Waals surface area contributed by atoms with Gasteiger partial charge < -0.3 is 15.4 Å². The van der Waals surface area contributed by atoms with Crippen molar-refractivity contribution in [2.45, 2.75) is 122 Å². The molecular formula is C20H41NO4. The molecule has 0 unspecified atom stereocenters. The quantitative estimate of drug-likeness (QED) is 0.505. The Morgan fingerprint density at radius 2 is 1.32 bits per heavy atom. The van der Waals surface area contributed by atoms with E-state index in [1.165, 1.54) is 43.6 Å². The average molecular weight is 360 g/mol. The molecule has 1 heterocycles. The number of hydrogen-bond acceptors (Lipinski definition) is 4. The number of carboxylic acids is 1. The normalized spacial score (nSPS) is 20.0. The Balaban J connectivity index is 0.000000462. The zero-order valence-electron chi connectivity index (χ0n) is 17.1. The van der Waals surface area contributed by atoms with E-state index in [2.05, 4.69) is 6.92 Å². The summed E-state index contributed by atoms with van der Waals surface area (Å²) in [5, 5.41) is 29.1. The summed E-state index contributed by atoms with van der Waals surface area (Å²) in [6, 6.07) is 0. The van der Waals surface area contributed by atoms with Crippen molar-refractivity contribution >= 4 is 5.97 Å². The van der Waals surface area contributed by atoms with Crippen LogP contribution in [0, 0.1) is 0 Å². The Labute approximate surface area is 154 Å². The van der Waals surface area contributed by atoms with Crippen molar-refractivity contribution in [2.24, 2.45) is 0 Å². The van der Waals surface area contributed by atoms with Crippen molar-refractivity contribution < 1.29 is 20.2 Å². The number of nitrogens with zero attached hydrogens (tertiary/aromatic N) is 1. The highest BCUT2D eigenvalue weighted by Crippen LogP contribution is 2.36. The number of hydrogen-bond donors (Lipinski definition) is 3. The molecule has 5 nitrogen and oxygen atoms in total. The van der Waals surface area contributed by atoms with Crippen LogP contribution < -0.4 is 0 Å². The molecule has 0 aliphatic carbocycles. The number of aliphatic hydroxyl groups excluding tert-OH is 1. The van der Waals surface area contributed by atoms with Gasteiger partial charge in [-0.25, -0.2) is 0 Å². The summed E-state index contributed by atoms with van der Waals surface area (Å²) >= 11 is 0. The maximum atomic E-state index is 10.2. The first-order valence-corrected chi connectivity index (χ1v) is 9.92. The summed E-state index contributed by atoms with van der Waals surface area (Å²) < 4.78 is 0. The molecular weight excluding hydrogens is 318 g/mol. The first-order valence-electron chi connectivity index (χ1n) is 9.92. The Hall–Kier alpha value is -0.650. The lowest BCUT2D eigenvalue weighted by Gasteiger charge is -2.50. The average Bonchev–Trinajstić information content (AvgIpc) is 2.47. The van der Waals surface area contributed by atoms with Crippen LogP contribution in [0.3, 0.4) is 0 Å². The second kappa shape index (κ2) is 11.9. The first-order chi connectivity index (χ1) is 11.5. The molecule has 1 fully saturated rings. The van der Waals surface area contributed by atoms with E-state index in [1.807, 2.05) is 27.7 Å². The minimum atomic E-state index is -0.661. The molecule has 5 heteroatoms. The molecule has 0 atom stereocenters. The van der Waals surface area contributed by atoms with Crippen LogP contribution in [-0.2, 0) is 4.79 Å². The van der Waals surface area contributed by atoms with Crippen molar-refractivity contribution in [3.8, 4) is 0 Å². The minimum absolute atomic E-state index is 0.293. The molecule has 0 bridgehead atoms. The first kappa shape index (κ1) is 24.4. The second-order valence-electron chi connectivity index (χ2n) is 8.62. The summed E-state index contributed by atoms with van der Waals surface area (Å²) in [6.07, 6.45) is 11.0. The van der Waals surface area contributed by atoms with Gasteiger partial charge in [0.15, 0.2) is 0 Å². The standard InChI is InChI=1S/C11H22O2.C9H19NO2/c1-2-3-4-5-6-7-8-9-10-11(12)13;1-8(2)5-7(11)6-9(3,4)10(8)12/h2-10H2,1H3,(H,12,13);7,11-12H,5-6H2,1-4H3. The number of aliphatic hydroxyl groups is 1. The van der Waals surface area contributed by atoms with Crippen LogP contribution in [0.15, 0.2) is 0 Å². The third kappa shape index (κ3) is 10.8. The zero-order chi connectivity index (χ0) is 19.5. The highest BCUT2D eigenvalue weighted by molar-refractivity contribution is 5.66. The van der Waals surface area contributed by atoms with Crippen LogP contribution in [-0.4, -0.2) is 43.6 Å². The van der Waals surface area contributed by atoms with Crippen LogP contribution in [0.5, 0.6) is 0 Å². The predicted octanol–water partition coefficient (Wildman–Crippen LogP) is 4.99. The van der Waals surface area contributed by atoms with E-state index in [0.29, 0.717) is 19.3 Å². The zero-order valence-corrected chi connectivity index (χ0v) is 17.1. The van der Waals surface area contributed by atoms with Gasteiger partial charge in [0.25, 0.3) is 0 Å². The van der Waals surface area contributed by atoms with Crippen molar-refractivity contribution in [1.29, 1.82) is 0 Å². The lowest BCUT2D eigenvalue weighted by Crippen LogP contribution is -2.60. The molecule has 0 saturated carbocycles. The fourth-order valence-electron chi connectivity index (χ4n) is 3.63. The number of piperidine rings is 1. The molecule has 0 aromatic carbocycles. The fourth-order valence-corrected chi connectivity index (χ4v) is 3.63. The van der Waals surface area contributed by atoms with Crippen LogP contribution in [0.1, 0.15) is 105 Å². The maximum Gasteiger partial charge on any atom is 0.303 e. The monoisotopic (exact) mass is 359 g/mol.